The Morgan fingerprint density at radius 3 is 2.54 bits per heavy atom. The van der Waals surface area contributed by atoms with E-state index in [2.05, 4.69) is 21.8 Å². The van der Waals surface area contributed by atoms with Crippen LogP contribution in [0, 0.1) is 11.3 Å². The van der Waals surface area contributed by atoms with Crippen LogP contribution in [0.1, 0.15) is 29.6 Å². The lowest BCUT2D eigenvalue weighted by Crippen LogP contribution is -2.87. The van der Waals surface area contributed by atoms with Crippen molar-refractivity contribution in [3.05, 3.63) is 36.0 Å². The zero-order chi connectivity index (χ0) is 20.4. The van der Waals surface area contributed by atoms with Gasteiger partial charge in [-0.2, -0.15) is 10.4 Å². The van der Waals surface area contributed by atoms with Gasteiger partial charge in [0, 0.05) is 31.0 Å². The summed E-state index contributed by atoms with van der Waals surface area (Å²) in [5.41, 5.74) is 5.86. The number of hydrogen-bond donors (Lipinski definition) is 3. The van der Waals surface area contributed by atoms with Crippen LogP contribution in [-0.4, -0.2) is 43.5 Å². The third-order valence-electron chi connectivity index (χ3n) is 5.05. The van der Waals surface area contributed by atoms with Gasteiger partial charge in [0.25, 0.3) is 5.91 Å². The highest BCUT2D eigenvalue weighted by Crippen LogP contribution is 2.32. The van der Waals surface area contributed by atoms with Crippen molar-refractivity contribution in [2.75, 3.05) is 24.7 Å². The fourth-order valence-corrected chi connectivity index (χ4v) is 4.09. The molecule has 1 aromatic carbocycles. The lowest BCUT2D eigenvalue weighted by atomic mass is 9.86. The molecule has 0 bridgehead atoms. The summed E-state index contributed by atoms with van der Waals surface area (Å²) in [6.07, 6.45) is 4.56. The molecule has 1 aliphatic rings. The number of rotatable bonds is 6. The van der Waals surface area contributed by atoms with Crippen LogP contribution in [-0.2, 0) is 15.4 Å². The maximum absolute atomic E-state index is 11.9. The van der Waals surface area contributed by atoms with Gasteiger partial charge in [-0.3, -0.25) is 9.48 Å². The minimum atomic E-state index is -3.29. The second kappa shape index (κ2) is 7.61. The molecule has 1 fully saturated rings. The zero-order valence-corrected chi connectivity index (χ0v) is 16.4. The standard InChI is InChI=1S/C18H22N6O3S/c1-28(26,27)14-4-2-13(3-5-14)22-17-15(16(20)25)12-24(23-17)18(6-9-19)7-10-21-11-8-18/h2-5,12,21H,6-8,10-11H2,1H3,(H2,20,25)(H,22,23)/p+1. The number of amides is 1. The van der Waals surface area contributed by atoms with Crippen molar-refractivity contribution in [1.29, 1.82) is 5.26 Å². The van der Waals surface area contributed by atoms with Crippen molar-refractivity contribution in [3.8, 4) is 6.07 Å². The quantitative estimate of drug-likeness (QED) is 0.623. The van der Waals surface area contributed by atoms with Crippen LogP contribution in [0.3, 0.4) is 0 Å². The Kier molecular flexibility index (Phi) is 5.40. The monoisotopic (exact) mass is 403 g/mol. The van der Waals surface area contributed by atoms with E-state index >= 15 is 0 Å². The number of sulfone groups is 1. The van der Waals surface area contributed by atoms with Gasteiger partial charge in [-0.25, -0.2) is 8.42 Å². The van der Waals surface area contributed by atoms with Gasteiger partial charge in [0.05, 0.1) is 36.0 Å². The number of anilines is 2. The topological polar surface area (TPSA) is 147 Å². The molecule has 2 heterocycles. The first-order valence-electron chi connectivity index (χ1n) is 8.91. The third kappa shape index (κ3) is 4.00. The Labute approximate surface area is 163 Å². The molecule has 9 nitrogen and oxygen atoms in total. The van der Waals surface area contributed by atoms with Crippen molar-refractivity contribution >= 4 is 27.2 Å². The van der Waals surface area contributed by atoms with E-state index in [1.807, 2.05) is 0 Å². The Morgan fingerprint density at radius 1 is 1.36 bits per heavy atom. The van der Waals surface area contributed by atoms with Crippen LogP contribution < -0.4 is 16.4 Å². The molecule has 0 unspecified atom stereocenters. The average molecular weight is 403 g/mol. The summed E-state index contributed by atoms with van der Waals surface area (Å²) < 4.78 is 24.9. The summed E-state index contributed by atoms with van der Waals surface area (Å²) in [6, 6.07) is 8.39. The Morgan fingerprint density at radius 2 is 2.00 bits per heavy atom. The molecule has 1 saturated heterocycles. The first-order valence-corrected chi connectivity index (χ1v) is 10.8. The predicted octanol–water partition coefficient (Wildman–Crippen LogP) is 0.0953. The molecule has 5 N–H and O–H groups in total. The van der Waals surface area contributed by atoms with Gasteiger partial charge >= 0.3 is 0 Å². The number of quaternary nitrogens is 1. The first kappa shape index (κ1) is 19.9. The predicted molar refractivity (Wildman–Crippen MR) is 103 cm³/mol. The molecular weight excluding hydrogens is 380 g/mol. The van der Waals surface area contributed by atoms with E-state index in [-0.39, 0.29) is 16.3 Å². The van der Waals surface area contributed by atoms with Gasteiger partial charge in [0.1, 0.15) is 5.56 Å². The molecule has 0 spiro atoms. The molecule has 0 saturated carbocycles. The maximum Gasteiger partial charge on any atom is 0.254 e. The van der Waals surface area contributed by atoms with Crippen molar-refractivity contribution in [3.63, 3.8) is 0 Å². The van der Waals surface area contributed by atoms with E-state index < -0.39 is 21.3 Å². The number of carbonyl (C=O) groups excluding carboxylic acids is 1. The van der Waals surface area contributed by atoms with E-state index in [4.69, 9.17) is 5.73 Å². The number of piperidine rings is 1. The van der Waals surface area contributed by atoms with Gasteiger partial charge in [-0.1, -0.05) is 0 Å². The summed E-state index contributed by atoms with van der Waals surface area (Å²) in [5.74, 6) is -0.345. The van der Waals surface area contributed by atoms with Crippen LogP contribution in [0.2, 0.25) is 0 Å². The van der Waals surface area contributed by atoms with E-state index in [9.17, 15) is 18.5 Å². The Bertz CT molecular complexity index is 1010. The molecule has 2 aromatic rings. The van der Waals surface area contributed by atoms with Crippen LogP contribution >= 0.6 is 0 Å². The SMILES string of the molecule is CS(=O)(=O)c1ccc(Nc2nn(C3(CC#N)CC[NH2+]CC3)cc2C(N)=O)cc1. The second-order valence-electron chi connectivity index (χ2n) is 7.05. The van der Waals surface area contributed by atoms with Crippen molar-refractivity contribution in [1.82, 2.24) is 9.78 Å². The minimum absolute atomic E-state index is 0.199. The number of carbonyl (C=O) groups is 1. The fraction of sp³-hybridized carbons (Fsp3) is 0.389. The number of nitrogens with one attached hydrogen (secondary N) is 1. The third-order valence-corrected chi connectivity index (χ3v) is 6.18. The number of nitrogens with two attached hydrogens (primary N) is 2. The number of primary amides is 1. The number of nitriles is 1. The highest BCUT2D eigenvalue weighted by Gasteiger charge is 2.37. The van der Waals surface area contributed by atoms with E-state index in [0.29, 0.717) is 12.1 Å². The van der Waals surface area contributed by atoms with Crippen molar-refractivity contribution in [2.45, 2.75) is 29.7 Å². The largest absolute Gasteiger partial charge is 0.365 e. The molecule has 0 atom stereocenters. The molecule has 148 valence electrons. The molecule has 1 aromatic heterocycles. The normalized spacial score (nSPS) is 16.3. The van der Waals surface area contributed by atoms with Gasteiger partial charge < -0.3 is 16.4 Å². The number of hydrogen-bond acceptors (Lipinski definition) is 6. The molecule has 10 heteroatoms. The zero-order valence-electron chi connectivity index (χ0n) is 15.6. The molecule has 1 amide bonds. The van der Waals surface area contributed by atoms with Gasteiger partial charge in [-0.15, -0.1) is 0 Å². The minimum Gasteiger partial charge on any atom is -0.365 e. The molecule has 28 heavy (non-hydrogen) atoms. The van der Waals surface area contributed by atoms with Crippen LogP contribution in [0.5, 0.6) is 0 Å². The van der Waals surface area contributed by atoms with E-state index in [0.717, 1.165) is 32.2 Å². The lowest BCUT2D eigenvalue weighted by Gasteiger charge is -2.34. The molecular formula is C18H23N6O3S+. The highest BCUT2D eigenvalue weighted by molar-refractivity contribution is 7.90. The second-order valence-corrected chi connectivity index (χ2v) is 9.06. The van der Waals surface area contributed by atoms with E-state index in [1.165, 1.54) is 12.1 Å². The first-order chi connectivity index (χ1) is 13.2. The summed E-state index contributed by atoms with van der Waals surface area (Å²) in [6.45, 7) is 1.76. The Balaban J connectivity index is 1.95. The number of benzene rings is 1. The summed E-state index contributed by atoms with van der Waals surface area (Å²) in [7, 11) is -3.29. The van der Waals surface area contributed by atoms with Gasteiger partial charge in [0.15, 0.2) is 15.7 Å². The summed E-state index contributed by atoms with van der Waals surface area (Å²) in [4.78, 5) is 12.1. The molecule has 1 aliphatic heterocycles. The van der Waals surface area contributed by atoms with Crippen LogP contribution in [0.15, 0.2) is 35.4 Å². The Hall–Kier alpha value is -2.90. The number of aromatic nitrogens is 2. The maximum atomic E-state index is 11.9. The fourth-order valence-electron chi connectivity index (χ4n) is 3.46. The van der Waals surface area contributed by atoms with Crippen molar-refractivity contribution < 1.29 is 18.5 Å². The molecule has 0 aliphatic carbocycles. The lowest BCUT2D eigenvalue weighted by molar-refractivity contribution is -0.667. The van der Waals surface area contributed by atoms with Crippen LogP contribution in [0.25, 0.3) is 0 Å². The average Bonchev–Trinajstić information content (AvgIpc) is 3.07. The smallest absolute Gasteiger partial charge is 0.254 e. The van der Waals surface area contributed by atoms with E-state index in [1.54, 1.807) is 23.0 Å². The molecule has 3 rings (SSSR count). The highest BCUT2D eigenvalue weighted by atomic mass is 32.2. The summed E-state index contributed by atoms with van der Waals surface area (Å²) >= 11 is 0. The van der Waals surface area contributed by atoms with Gasteiger partial charge in [0.2, 0.25) is 0 Å². The summed E-state index contributed by atoms with van der Waals surface area (Å²) in [5, 5.41) is 19.1. The molecule has 0 radical (unpaired) electrons. The van der Waals surface area contributed by atoms with Gasteiger partial charge in [-0.05, 0) is 24.3 Å². The van der Waals surface area contributed by atoms with Crippen LogP contribution in [0.4, 0.5) is 11.5 Å². The number of nitrogens with zero attached hydrogens (tertiary/aromatic N) is 3. The van der Waals surface area contributed by atoms with Crippen molar-refractivity contribution in [2.24, 2.45) is 5.73 Å².